The summed E-state index contributed by atoms with van der Waals surface area (Å²) in [7, 11) is 5.35. The van der Waals surface area contributed by atoms with E-state index >= 15 is 0 Å². The van der Waals surface area contributed by atoms with E-state index in [0.717, 1.165) is 0 Å². The number of aromatic nitrogens is 1. The van der Waals surface area contributed by atoms with Gasteiger partial charge in [0.1, 0.15) is 5.82 Å². The van der Waals surface area contributed by atoms with Gasteiger partial charge < -0.3 is 25.8 Å². The predicted molar refractivity (Wildman–Crippen MR) is 72.9 cm³/mol. The smallest absolute Gasteiger partial charge is 0.238 e. The number of aliphatic hydroxyl groups is 1. The van der Waals surface area contributed by atoms with Crippen LogP contribution in [0.25, 0.3) is 0 Å². The van der Waals surface area contributed by atoms with Gasteiger partial charge in [-0.3, -0.25) is 0 Å². The van der Waals surface area contributed by atoms with Crippen LogP contribution in [0.4, 0.5) is 11.5 Å². The second-order valence-electron chi connectivity index (χ2n) is 4.88. The van der Waals surface area contributed by atoms with Gasteiger partial charge in [0.2, 0.25) is 5.88 Å². The Morgan fingerprint density at radius 2 is 2.17 bits per heavy atom. The van der Waals surface area contributed by atoms with Crippen LogP contribution in [-0.2, 0) is 0 Å². The van der Waals surface area contributed by atoms with Crippen molar-refractivity contribution in [1.82, 2.24) is 9.88 Å². The number of rotatable bonds is 6. The molecule has 102 valence electrons. The summed E-state index contributed by atoms with van der Waals surface area (Å²) in [6, 6.07) is 3.47. The summed E-state index contributed by atoms with van der Waals surface area (Å²) < 4.78 is 5.04. The van der Waals surface area contributed by atoms with E-state index in [1.54, 1.807) is 19.1 Å². The first-order valence-electron chi connectivity index (χ1n) is 5.75. The van der Waals surface area contributed by atoms with Crippen LogP contribution in [0.3, 0.4) is 0 Å². The quantitative estimate of drug-likeness (QED) is 0.681. The minimum absolute atomic E-state index is 0.382. The SMILES string of the molecule is COc1nc(NCC(C)(O)CN(C)C)ccc1N. The number of nitrogen functional groups attached to an aromatic ring is 1. The lowest BCUT2D eigenvalue weighted by Crippen LogP contribution is -2.43. The zero-order valence-corrected chi connectivity index (χ0v) is 11.4. The lowest BCUT2D eigenvalue weighted by molar-refractivity contribution is 0.0459. The van der Waals surface area contributed by atoms with Gasteiger partial charge in [-0.15, -0.1) is 0 Å². The molecule has 0 aliphatic carbocycles. The maximum absolute atomic E-state index is 10.1. The van der Waals surface area contributed by atoms with Crippen LogP contribution < -0.4 is 15.8 Å². The van der Waals surface area contributed by atoms with Crippen LogP contribution in [0.5, 0.6) is 5.88 Å². The molecule has 1 aromatic heterocycles. The number of methoxy groups -OCH3 is 1. The van der Waals surface area contributed by atoms with E-state index in [-0.39, 0.29) is 0 Å². The zero-order chi connectivity index (χ0) is 13.8. The van der Waals surface area contributed by atoms with Crippen molar-refractivity contribution in [3.8, 4) is 5.88 Å². The molecule has 0 bridgehead atoms. The standard InChI is InChI=1S/C12H22N4O2/c1-12(17,8-16(2)3)7-14-10-6-5-9(13)11(15-10)18-4/h5-6,17H,7-8,13H2,1-4H3,(H,14,15). The Balaban J connectivity index is 2.63. The molecule has 0 aromatic carbocycles. The Kier molecular flexibility index (Phi) is 4.75. The van der Waals surface area contributed by atoms with Gasteiger partial charge in [-0.2, -0.15) is 4.98 Å². The van der Waals surface area contributed by atoms with Crippen LogP contribution in [0.1, 0.15) is 6.92 Å². The fraction of sp³-hybridized carbons (Fsp3) is 0.583. The third-order valence-corrected chi connectivity index (χ3v) is 2.39. The minimum Gasteiger partial charge on any atom is -0.479 e. The maximum atomic E-state index is 10.1. The molecule has 0 spiro atoms. The molecule has 1 unspecified atom stereocenters. The van der Waals surface area contributed by atoms with E-state index in [1.165, 1.54) is 7.11 Å². The fourth-order valence-corrected chi connectivity index (χ4v) is 1.73. The molecule has 1 aromatic rings. The predicted octanol–water partition coefficient (Wildman–Crippen LogP) is 0.397. The first-order chi connectivity index (χ1) is 8.34. The number of ether oxygens (including phenoxy) is 1. The molecule has 4 N–H and O–H groups in total. The van der Waals surface area contributed by atoms with Crippen molar-refractivity contribution in [2.75, 3.05) is 45.3 Å². The number of nitrogens with zero attached hydrogens (tertiary/aromatic N) is 2. The van der Waals surface area contributed by atoms with Crippen LogP contribution in [-0.4, -0.2) is 54.9 Å². The molecule has 0 saturated carbocycles. The molecule has 0 amide bonds. The summed E-state index contributed by atoms with van der Waals surface area (Å²) in [5.74, 6) is 1.01. The van der Waals surface area contributed by atoms with Crippen LogP contribution in [0.2, 0.25) is 0 Å². The average Bonchev–Trinajstić information content (AvgIpc) is 2.26. The zero-order valence-electron chi connectivity index (χ0n) is 11.4. The number of hydrogen-bond donors (Lipinski definition) is 3. The van der Waals surface area contributed by atoms with E-state index in [2.05, 4.69) is 10.3 Å². The average molecular weight is 254 g/mol. The summed E-state index contributed by atoms with van der Waals surface area (Å²) in [4.78, 5) is 6.12. The Bertz CT molecular complexity index is 394. The van der Waals surface area contributed by atoms with Crippen molar-refractivity contribution in [3.63, 3.8) is 0 Å². The first-order valence-corrected chi connectivity index (χ1v) is 5.75. The summed E-state index contributed by atoms with van der Waals surface area (Å²) >= 11 is 0. The van der Waals surface area contributed by atoms with Crippen LogP contribution >= 0.6 is 0 Å². The van der Waals surface area contributed by atoms with Crippen LogP contribution in [0.15, 0.2) is 12.1 Å². The van der Waals surface area contributed by atoms with Gasteiger partial charge in [0.25, 0.3) is 0 Å². The second kappa shape index (κ2) is 5.88. The monoisotopic (exact) mass is 254 g/mol. The largest absolute Gasteiger partial charge is 0.479 e. The number of anilines is 2. The summed E-state index contributed by atoms with van der Waals surface area (Å²) in [5, 5.41) is 13.2. The number of hydrogen-bond acceptors (Lipinski definition) is 6. The molecule has 18 heavy (non-hydrogen) atoms. The Hall–Kier alpha value is -1.53. The Labute approximate surface area is 108 Å². The van der Waals surface area contributed by atoms with E-state index in [9.17, 15) is 5.11 Å². The van der Waals surface area contributed by atoms with Crippen molar-refractivity contribution in [1.29, 1.82) is 0 Å². The molecule has 0 fully saturated rings. The molecular weight excluding hydrogens is 232 g/mol. The van der Waals surface area contributed by atoms with E-state index in [4.69, 9.17) is 10.5 Å². The maximum Gasteiger partial charge on any atom is 0.238 e. The molecular formula is C12H22N4O2. The van der Waals surface area contributed by atoms with Crippen molar-refractivity contribution in [2.24, 2.45) is 0 Å². The molecule has 6 nitrogen and oxygen atoms in total. The van der Waals surface area contributed by atoms with E-state index in [0.29, 0.717) is 30.5 Å². The normalized spacial score (nSPS) is 14.3. The fourth-order valence-electron chi connectivity index (χ4n) is 1.73. The van der Waals surface area contributed by atoms with Gasteiger partial charge in [-0.1, -0.05) is 0 Å². The number of likely N-dealkylation sites (N-methyl/N-ethyl adjacent to an activating group) is 1. The van der Waals surface area contributed by atoms with Crippen molar-refractivity contribution in [3.05, 3.63) is 12.1 Å². The van der Waals surface area contributed by atoms with E-state index in [1.807, 2.05) is 19.0 Å². The molecule has 6 heteroatoms. The summed E-state index contributed by atoms with van der Waals surface area (Å²) in [5.41, 5.74) is 5.33. The lowest BCUT2D eigenvalue weighted by Gasteiger charge is -2.27. The highest BCUT2D eigenvalue weighted by Crippen LogP contribution is 2.20. The molecule has 1 heterocycles. The highest BCUT2D eigenvalue weighted by Gasteiger charge is 2.21. The number of nitrogens with one attached hydrogen (secondary N) is 1. The van der Waals surface area contributed by atoms with Gasteiger partial charge >= 0.3 is 0 Å². The van der Waals surface area contributed by atoms with Crippen molar-refractivity contribution < 1.29 is 9.84 Å². The molecule has 1 atom stereocenters. The van der Waals surface area contributed by atoms with Gasteiger partial charge in [0, 0.05) is 13.1 Å². The number of pyridine rings is 1. The molecule has 0 aliphatic heterocycles. The van der Waals surface area contributed by atoms with Gasteiger partial charge in [0.15, 0.2) is 0 Å². The lowest BCUT2D eigenvalue weighted by atomic mass is 10.1. The molecule has 1 rings (SSSR count). The second-order valence-corrected chi connectivity index (χ2v) is 4.88. The van der Waals surface area contributed by atoms with Gasteiger partial charge in [-0.25, -0.2) is 0 Å². The van der Waals surface area contributed by atoms with Crippen LogP contribution in [0, 0.1) is 0 Å². The summed E-state index contributed by atoms with van der Waals surface area (Å²) in [6.45, 7) is 2.73. The van der Waals surface area contributed by atoms with Gasteiger partial charge in [0.05, 0.1) is 18.4 Å². The molecule has 0 saturated heterocycles. The minimum atomic E-state index is -0.834. The number of nitrogens with two attached hydrogens (primary N) is 1. The van der Waals surface area contributed by atoms with Gasteiger partial charge in [-0.05, 0) is 33.2 Å². The highest BCUT2D eigenvalue weighted by atomic mass is 16.5. The molecule has 0 radical (unpaired) electrons. The van der Waals surface area contributed by atoms with E-state index < -0.39 is 5.60 Å². The highest BCUT2D eigenvalue weighted by molar-refractivity contribution is 5.53. The topological polar surface area (TPSA) is 83.6 Å². The first kappa shape index (κ1) is 14.5. The Morgan fingerprint density at radius 1 is 1.50 bits per heavy atom. The van der Waals surface area contributed by atoms with Crippen molar-refractivity contribution >= 4 is 11.5 Å². The van der Waals surface area contributed by atoms with Crippen molar-refractivity contribution in [2.45, 2.75) is 12.5 Å². The Morgan fingerprint density at radius 3 is 2.72 bits per heavy atom. The third-order valence-electron chi connectivity index (χ3n) is 2.39. The molecule has 0 aliphatic rings. The third kappa shape index (κ3) is 4.38. The summed E-state index contributed by atoms with van der Waals surface area (Å²) in [6.07, 6.45) is 0.